The molecule has 1 aliphatic heterocycles. The van der Waals surface area contributed by atoms with E-state index in [4.69, 9.17) is 5.73 Å². The Bertz CT molecular complexity index is 358. The number of nitrogens with zero attached hydrogens (tertiary/aromatic N) is 3. The monoisotopic (exact) mass is 222 g/mol. The first kappa shape index (κ1) is 11.6. The van der Waals surface area contributed by atoms with Gasteiger partial charge in [0.2, 0.25) is 0 Å². The lowest BCUT2D eigenvalue weighted by molar-refractivity contribution is 0.159. The summed E-state index contributed by atoms with van der Waals surface area (Å²) in [5, 5.41) is 4.37. The Morgan fingerprint density at radius 1 is 1.56 bits per heavy atom. The second-order valence-corrected chi connectivity index (χ2v) is 5.07. The molecule has 1 saturated heterocycles. The van der Waals surface area contributed by atoms with Gasteiger partial charge in [0.25, 0.3) is 0 Å². The fourth-order valence-corrected chi connectivity index (χ4v) is 2.35. The summed E-state index contributed by atoms with van der Waals surface area (Å²) in [7, 11) is 2.01. The summed E-state index contributed by atoms with van der Waals surface area (Å²) < 4.78 is 1.97. The van der Waals surface area contributed by atoms with E-state index in [1.807, 2.05) is 18.7 Å². The molecule has 2 atom stereocenters. The van der Waals surface area contributed by atoms with Gasteiger partial charge in [-0.15, -0.1) is 0 Å². The third-order valence-corrected chi connectivity index (χ3v) is 3.59. The molecule has 1 fully saturated rings. The van der Waals surface area contributed by atoms with Crippen LogP contribution in [-0.4, -0.2) is 33.8 Å². The number of hydrogen-bond donors (Lipinski definition) is 1. The highest BCUT2D eigenvalue weighted by molar-refractivity contribution is 5.08. The first-order valence-electron chi connectivity index (χ1n) is 6.03. The summed E-state index contributed by atoms with van der Waals surface area (Å²) in [4.78, 5) is 2.43. The quantitative estimate of drug-likeness (QED) is 0.808. The van der Waals surface area contributed by atoms with Crippen LogP contribution < -0.4 is 5.73 Å². The topological polar surface area (TPSA) is 47.1 Å². The van der Waals surface area contributed by atoms with Crippen LogP contribution in [-0.2, 0) is 13.6 Å². The van der Waals surface area contributed by atoms with Crippen molar-refractivity contribution in [2.45, 2.75) is 32.9 Å². The van der Waals surface area contributed by atoms with Crippen LogP contribution >= 0.6 is 0 Å². The number of piperidine rings is 1. The minimum Gasteiger partial charge on any atom is -0.326 e. The van der Waals surface area contributed by atoms with Crippen LogP contribution in [0.1, 0.15) is 24.7 Å². The number of aromatic nitrogens is 2. The molecular formula is C12H22N4. The molecule has 2 heterocycles. The van der Waals surface area contributed by atoms with Gasteiger partial charge in [-0.05, 0) is 31.9 Å². The van der Waals surface area contributed by atoms with Gasteiger partial charge in [0.05, 0.1) is 11.4 Å². The maximum atomic E-state index is 6.10. The highest BCUT2D eigenvalue weighted by Crippen LogP contribution is 2.17. The summed E-state index contributed by atoms with van der Waals surface area (Å²) in [6.07, 6.45) is 1.21. The average Bonchev–Trinajstić information content (AvgIpc) is 2.51. The molecule has 1 aromatic heterocycles. The smallest absolute Gasteiger partial charge is 0.0597 e. The maximum absolute atomic E-state index is 6.10. The number of rotatable bonds is 2. The van der Waals surface area contributed by atoms with Crippen molar-refractivity contribution in [3.63, 3.8) is 0 Å². The molecule has 4 nitrogen and oxygen atoms in total. The van der Waals surface area contributed by atoms with Crippen molar-refractivity contribution in [3.05, 3.63) is 17.5 Å². The molecule has 0 saturated carbocycles. The fraction of sp³-hybridized carbons (Fsp3) is 0.750. The van der Waals surface area contributed by atoms with E-state index in [0.717, 1.165) is 25.3 Å². The lowest BCUT2D eigenvalue weighted by Crippen LogP contribution is -2.47. The van der Waals surface area contributed by atoms with Crippen LogP contribution in [0.3, 0.4) is 0 Å². The van der Waals surface area contributed by atoms with E-state index in [-0.39, 0.29) is 0 Å². The normalized spacial score (nSPS) is 27.2. The number of nitrogens with two attached hydrogens (primary N) is 1. The van der Waals surface area contributed by atoms with Crippen LogP contribution in [0.25, 0.3) is 0 Å². The molecule has 2 rings (SSSR count). The molecule has 2 unspecified atom stereocenters. The van der Waals surface area contributed by atoms with Crippen molar-refractivity contribution < 1.29 is 0 Å². The molecule has 90 valence electrons. The molecule has 1 aromatic rings. The molecule has 2 N–H and O–H groups in total. The largest absolute Gasteiger partial charge is 0.326 e. The van der Waals surface area contributed by atoms with Gasteiger partial charge in [-0.3, -0.25) is 9.58 Å². The number of likely N-dealkylation sites (tertiary alicyclic amines) is 1. The Morgan fingerprint density at radius 3 is 2.88 bits per heavy atom. The standard InChI is InChI=1S/C12H22N4/c1-9-4-5-16(8-12(9)13)7-11-6-10(2)14-15(11)3/h6,9,12H,4-5,7-8,13H2,1-3H3. The summed E-state index contributed by atoms with van der Waals surface area (Å²) in [5.41, 5.74) is 8.47. The summed E-state index contributed by atoms with van der Waals surface area (Å²) in [6, 6.07) is 2.48. The maximum Gasteiger partial charge on any atom is 0.0597 e. The molecule has 0 radical (unpaired) electrons. The molecule has 0 aliphatic carbocycles. The Balaban J connectivity index is 1.98. The van der Waals surface area contributed by atoms with E-state index in [1.165, 1.54) is 12.1 Å². The average molecular weight is 222 g/mol. The van der Waals surface area contributed by atoms with Crippen molar-refractivity contribution in [1.82, 2.24) is 14.7 Å². The van der Waals surface area contributed by atoms with Gasteiger partial charge in [0.1, 0.15) is 0 Å². The Morgan fingerprint density at radius 2 is 2.31 bits per heavy atom. The third kappa shape index (κ3) is 2.44. The van der Waals surface area contributed by atoms with Crippen molar-refractivity contribution in [2.24, 2.45) is 18.7 Å². The lowest BCUT2D eigenvalue weighted by atomic mass is 9.94. The van der Waals surface area contributed by atoms with Gasteiger partial charge in [0, 0.05) is 26.2 Å². The van der Waals surface area contributed by atoms with Crippen LogP contribution in [0.2, 0.25) is 0 Å². The van der Waals surface area contributed by atoms with Crippen molar-refractivity contribution in [1.29, 1.82) is 0 Å². The summed E-state index contributed by atoms with van der Waals surface area (Å²) in [6.45, 7) is 7.41. The number of hydrogen-bond acceptors (Lipinski definition) is 3. The third-order valence-electron chi connectivity index (χ3n) is 3.59. The van der Waals surface area contributed by atoms with Crippen LogP contribution in [0.15, 0.2) is 6.07 Å². The van der Waals surface area contributed by atoms with Crippen LogP contribution in [0.4, 0.5) is 0 Å². The van der Waals surface area contributed by atoms with E-state index >= 15 is 0 Å². The summed E-state index contributed by atoms with van der Waals surface area (Å²) in [5.74, 6) is 0.657. The summed E-state index contributed by atoms with van der Waals surface area (Å²) >= 11 is 0. The molecule has 1 aliphatic rings. The van der Waals surface area contributed by atoms with E-state index in [1.54, 1.807) is 0 Å². The van der Waals surface area contributed by atoms with Crippen molar-refractivity contribution in [3.8, 4) is 0 Å². The van der Waals surface area contributed by atoms with E-state index < -0.39 is 0 Å². The van der Waals surface area contributed by atoms with Crippen molar-refractivity contribution >= 4 is 0 Å². The van der Waals surface area contributed by atoms with E-state index in [2.05, 4.69) is 23.0 Å². The molecule has 0 amide bonds. The molecule has 4 heteroatoms. The highest BCUT2D eigenvalue weighted by Gasteiger charge is 2.23. The zero-order chi connectivity index (χ0) is 11.7. The van der Waals surface area contributed by atoms with Gasteiger partial charge in [0.15, 0.2) is 0 Å². The van der Waals surface area contributed by atoms with Gasteiger partial charge < -0.3 is 5.73 Å². The van der Waals surface area contributed by atoms with E-state index in [9.17, 15) is 0 Å². The first-order valence-corrected chi connectivity index (χ1v) is 6.03. The Labute approximate surface area is 97.4 Å². The van der Waals surface area contributed by atoms with E-state index in [0.29, 0.717) is 12.0 Å². The molecule has 16 heavy (non-hydrogen) atoms. The van der Waals surface area contributed by atoms with Gasteiger partial charge in [-0.2, -0.15) is 5.10 Å². The zero-order valence-corrected chi connectivity index (χ0v) is 10.5. The van der Waals surface area contributed by atoms with Gasteiger partial charge in [-0.1, -0.05) is 6.92 Å². The second-order valence-electron chi connectivity index (χ2n) is 5.07. The minimum absolute atomic E-state index is 0.322. The molecule has 0 spiro atoms. The lowest BCUT2D eigenvalue weighted by Gasteiger charge is -2.34. The van der Waals surface area contributed by atoms with Crippen LogP contribution in [0.5, 0.6) is 0 Å². The van der Waals surface area contributed by atoms with Crippen LogP contribution in [0, 0.1) is 12.8 Å². The minimum atomic E-state index is 0.322. The molecule has 0 bridgehead atoms. The van der Waals surface area contributed by atoms with Gasteiger partial charge >= 0.3 is 0 Å². The first-order chi connectivity index (χ1) is 7.56. The second kappa shape index (κ2) is 4.55. The number of aryl methyl sites for hydroxylation is 2. The van der Waals surface area contributed by atoms with Gasteiger partial charge in [-0.25, -0.2) is 0 Å². The SMILES string of the molecule is Cc1cc(CN2CCC(C)C(N)C2)n(C)n1. The molecular weight excluding hydrogens is 200 g/mol. The Hall–Kier alpha value is -0.870. The van der Waals surface area contributed by atoms with Crippen molar-refractivity contribution in [2.75, 3.05) is 13.1 Å². The predicted molar refractivity (Wildman–Crippen MR) is 65.0 cm³/mol. The Kier molecular flexibility index (Phi) is 3.30. The fourth-order valence-electron chi connectivity index (χ4n) is 2.35. The molecule has 0 aromatic carbocycles. The highest BCUT2D eigenvalue weighted by atomic mass is 15.3. The zero-order valence-electron chi connectivity index (χ0n) is 10.5. The predicted octanol–water partition coefficient (Wildman–Crippen LogP) is 0.898.